The van der Waals surface area contributed by atoms with Crippen LogP contribution in [0.4, 0.5) is 0 Å². The van der Waals surface area contributed by atoms with Gasteiger partial charge < -0.3 is 13.7 Å². The zero-order chi connectivity index (χ0) is 57.3. The van der Waals surface area contributed by atoms with E-state index in [1.54, 1.807) is 0 Å². The molecule has 0 aliphatic rings. The summed E-state index contributed by atoms with van der Waals surface area (Å²) in [6.45, 7) is 0. The Kier molecular flexibility index (Phi) is 10.1. The van der Waals surface area contributed by atoms with Gasteiger partial charge in [-0.15, -0.1) is 34.0 Å². The molecule has 5 nitrogen and oxygen atoms in total. The molecule has 0 aliphatic carbocycles. The molecule has 0 radical (unpaired) electrons. The summed E-state index contributed by atoms with van der Waals surface area (Å²) in [6.07, 6.45) is 0. The number of nitrogens with zero attached hydrogens (tertiary/aromatic N) is 5. The molecule has 0 amide bonds. The maximum absolute atomic E-state index is 5.61. The quantitative estimate of drug-likeness (QED) is 0.166. The van der Waals surface area contributed by atoms with Crippen molar-refractivity contribution in [2.24, 2.45) is 0 Å². The van der Waals surface area contributed by atoms with Crippen molar-refractivity contribution in [2.75, 3.05) is 0 Å². The van der Waals surface area contributed by atoms with Crippen molar-refractivity contribution in [3.05, 3.63) is 273 Å². The Morgan fingerprint density at radius 3 is 1.09 bits per heavy atom. The van der Waals surface area contributed by atoms with Crippen molar-refractivity contribution < 1.29 is 0 Å². The van der Waals surface area contributed by atoms with Crippen LogP contribution in [-0.4, -0.2) is 23.7 Å². The van der Waals surface area contributed by atoms with E-state index in [1.165, 1.54) is 126 Å². The van der Waals surface area contributed by atoms with E-state index in [0.29, 0.717) is 5.82 Å². The van der Waals surface area contributed by atoms with Gasteiger partial charge in [-0.25, -0.2) is 9.97 Å². The lowest BCUT2D eigenvalue weighted by Crippen LogP contribution is -1.98. The average Bonchev–Trinajstić information content (AvgIpc) is 1.78. The van der Waals surface area contributed by atoms with Crippen molar-refractivity contribution in [3.8, 4) is 50.8 Å². The third kappa shape index (κ3) is 7.07. The summed E-state index contributed by atoms with van der Waals surface area (Å²) in [5.74, 6) is 0.677. The Morgan fingerprint density at radius 2 is 0.614 bits per heavy atom. The van der Waals surface area contributed by atoms with E-state index >= 15 is 0 Å². The first-order valence-corrected chi connectivity index (χ1v) is 32.2. The van der Waals surface area contributed by atoms with Crippen molar-refractivity contribution in [2.45, 2.75) is 0 Å². The van der Waals surface area contributed by atoms with Gasteiger partial charge in [0.25, 0.3) is 0 Å². The highest BCUT2D eigenvalue weighted by atomic mass is 32.1. The predicted molar refractivity (Wildman–Crippen MR) is 378 cm³/mol. The first-order chi connectivity index (χ1) is 43.6. The fraction of sp³-hybridized carbons (Fsp3) is 0. The van der Waals surface area contributed by atoms with Crippen LogP contribution in [0.15, 0.2) is 273 Å². The fourth-order valence-corrected chi connectivity index (χ4v) is 17.8. The number of hydrogen-bond donors (Lipinski definition) is 0. The van der Waals surface area contributed by atoms with E-state index in [0.717, 1.165) is 55.9 Å². The molecule has 88 heavy (non-hydrogen) atoms. The molecule has 7 heterocycles. The molecule has 0 atom stereocenters. The van der Waals surface area contributed by atoms with Crippen LogP contribution >= 0.6 is 34.0 Å². The Labute approximate surface area is 514 Å². The molecule has 0 bridgehead atoms. The first kappa shape index (κ1) is 48.5. The van der Waals surface area contributed by atoms with Crippen LogP contribution < -0.4 is 0 Å². The molecular weight excluding hydrogens is 1130 g/mol. The van der Waals surface area contributed by atoms with Crippen LogP contribution in [0.2, 0.25) is 0 Å². The standard InChI is InChI=1S/C80H45N5S3/c1-7-22-67-53(16-1)59-40-62-56-19-4-10-25-73(56)86-76(62)43-70(59)83(67)50-33-28-46(29-34-50)79-65-39-49(48-14-13-15-52(38-48)85-69-24-9-3-18-55(69)61-42-64-58-21-6-12-27-75(58)88-78(64)45-72(61)85)32-37-66(65)81-80(82-79)47-30-35-51(36-31-47)84-68-23-8-2-17-54(68)60-41-63-57-20-5-11-26-74(57)87-77(63)44-71(60)84/h1-45H. The van der Waals surface area contributed by atoms with Gasteiger partial charge in [0.15, 0.2) is 5.82 Å². The Bertz CT molecular complexity index is 6370. The van der Waals surface area contributed by atoms with Gasteiger partial charge in [-0.2, -0.15) is 0 Å². The molecule has 0 fully saturated rings. The average molecular weight is 1170 g/mol. The normalized spacial score (nSPS) is 12.3. The minimum atomic E-state index is 0.677. The van der Waals surface area contributed by atoms with Crippen LogP contribution in [0.5, 0.6) is 0 Å². The van der Waals surface area contributed by atoms with Crippen molar-refractivity contribution in [1.29, 1.82) is 0 Å². The number of thiophene rings is 3. The molecule has 20 aromatic rings. The summed E-state index contributed by atoms with van der Waals surface area (Å²) in [5.41, 5.74) is 16.4. The van der Waals surface area contributed by atoms with Crippen molar-refractivity contribution in [3.63, 3.8) is 0 Å². The maximum atomic E-state index is 5.61. The molecule has 408 valence electrons. The van der Waals surface area contributed by atoms with Gasteiger partial charge >= 0.3 is 0 Å². The van der Waals surface area contributed by atoms with E-state index in [4.69, 9.17) is 9.97 Å². The van der Waals surface area contributed by atoms with Crippen molar-refractivity contribution >= 4 is 171 Å². The molecule has 7 aromatic heterocycles. The van der Waals surface area contributed by atoms with Crippen LogP contribution in [0.25, 0.3) is 188 Å². The molecule has 0 saturated carbocycles. The third-order valence-electron chi connectivity index (χ3n) is 18.4. The SMILES string of the molecule is c1cc(-c2ccc3nc(-c4ccc(-n5c6ccccc6c6cc7c(cc65)sc5ccccc57)cc4)nc(-c4ccc(-n5c6ccccc6c6cc7c(cc65)sc5ccccc57)cc4)c3c2)cc(-n2c3ccccc3c3cc4c(cc32)sc2ccccc24)c1. The van der Waals surface area contributed by atoms with E-state index in [1.807, 2.05) is 34.0 Å². The molecule has 0 spiro atoms. The second-order valence-corrected chi connectivity index (χ2v) is 26.5. The van der Waals surface area contributed by atoms with Gasteiger partial charge in [-0.1, -0.05) is 140 Å². The Morgan fingerprint density at radius 1 is 0.216 bits per heavy atom. The molecule has 0 saturated heterocycles. The molecule has 8 heteroatoms. The lowest BCUT2D eigenvalue weighted by molar-refractivity contribution is 1.17. The first-order valence-electron chi connectivity index (χ1n) is 29.8. The van der Waals surface area contributed by atoms with Crippen LogP contribution in [0, 0.1) is 0 Å². The summed E-state index contributed by atoms with van der Waals surface area (Å²) in [6, 6.07) is 101. The van der Waals surface area contributed by atoms with E-state index < -0.39 is 0 Å². The number of hydrogen-bond acceptors (Lipinski definition) is 5. The smallest absolute Gasteiger partial charge is 0.160 e. The van der Waals surface area contributed by atoms with Crippen LogP contribution in [0.3, 0.4) is 0 Å². The van der Waals surface area contributed by atoms with Crippen molar-refractivity contribution in [1.82, 2.24) is 23.7 Å². The number of aromatic nitrogens is 5. The van der Waals surface area contributed by atoms with Gasteiger partial charge in [-0.05, 0) is 145 Å². The van der Waals surface area contributed by atoms with Crippen LogP contribution in [0.1, 0.15) is 0 Å². The van der Waals surface area contributed by atoms with Gasteiger partial charge in [0, 0.05) is 126 Å². The number of para-hydroxylation sites is 3. The zero-order valence-electron chi connectivity index (χ0n) is 46.9. The number of benzene rings is 13. The Balaban J connectivity index is 0.742. The molecular formula is C80H45N5S3. The molecule has 0 N–H and O–H groups in total. The number of rotatable bonds is 6. The third-order valence-corrected chi connectivity index (χ3v) is 21.8. The highest BCUT2D eigenvalue weighted by Crippen LogP contribution is 2.45. The lowest BCUT2D eigenvalue weighted by Gasteiger charge is -2.14. The van der Waals surface area contributed by atoms with Gasteiger partial charge in [0.1, 0.15) is 0 Å². The number of fused-ring (bicyclic) bond motifs is 19. The molecule has 0 unspecified atom stereocenters. The second kappa shape index (κ2) is 18.4. The monoisotopic (exact) mass is 1170 g/mol. The van der Waals surface area contributed by atoms with Gasteiger partial charge in [0.05, 0.1) is 44.3 Å². The van der Waals surface area contributed by atoms with Gasteiger partial charge in [0.2, 0.25) is 0 Å². The largest absolute Gasteiger partial charge is 0.309 e. The molecule has 20 rings (SSSR count). The summed E-state index contributed by atoms with van der Waals surface area (Å²) < 4.78 is 15.1. The van der Waals surface area contributed by atoms with Gasteiger partial charge in [-0.3, -0.25) is 0 Å². The highest BCUT2D eigenvalue weighted by molar-refractivity contribution is 7.26. The molecule has 13 aromatic carbocycles. The second-order valence-electron chi connectivity index (χ2n) is 23.2. The minimum Gasteiger partial charge on any atom is -0.309 e. The van der Waals surface area contributed by atoms with Crippen LogP contribution in [-0.2, 0) is 0 Å². The predicted octanol–water partition coefficient (Wildman–Crippen LogP) is 23.0. The summed E-state index contributed by atoms with van der Waals surface area (Å²) >= 11 is 5.59. The minimum absolute atomic E-state index is 0.677. The zero-order valence-corrected chi connectivity index (χ0v) is 49.4. The van der Waals surface area contributed by atoms with E-state index in [9.17, 15) is 0 Å². The summed E-state index contributed by atoms with van der Waals surface area (Å²) in [4.78, 5) is 11.0. The maximum Gasteiger partial charge on any atom is 0.160 e. The Hall–Kier alpha value is -10.7. The van der Waals surface area contributed by atoms with E-state index in [-0.39, 0.29) is 0 Å². The van der Waals surface area contributed by atoms with E-state index in [2.05, 4.69) is 287 Å². The summed E-state index contributed by atoms with van der Waals surface area (Å²) in [7, 11) is 0. The summed E-state index contributed by atoms with van der Waals surface area (Å²) in [5, 5.41) is 16.3. The lowest BCUT2D eigenvalue weighted by atomic mass is 9.99. The topological polar surface area (TPSA) is 40.6 Å². The molecule has 0 aliphatic heterocycles. The highest BCUT2D eigenvalue weighted by Gasteiger charge is 2.22. The fourth-order valence-electron chi connectivity index (χ4n) is 14.4.